The van der Waals surface area contributed by atoms with Crippen LogP contribution in [0.1, 0.15) is 21.6 Å². The Bertz CT molecular complexity index is 642. The molecule has 6 heteroatoms. The lowest BCUT2D eigenvalue weighted by molar-refractivity contribution is 0.0693. The van der Waals surface area contributed by atoms with E-state index < -0.39 is 11.5 Å². The van der Waals surface area contributed by atoms with Gasteiger partial charge in [-0.25, -0.2) is 9.78 Å². The van der Waals surface area contributed by atoms with Crippen molar-refractivity contribution in [2.45, 2.75) is 13.8 Å². The predicted molar refractivity (Wildman–Crippen MR) is 64.6 cm³/mol. The van der Waals surface area contributed by atoms with Gasteiger partial charge in [0.05, 0.1) is 5.69 Å². The van der Waals surface area contributed by atoms with Gasteiger partial charge in [-0.2, -0.15) is 11.3 Å². The Kier molecular flexibility index (Phi) is 2.81. The van der Waals surface area contributed by atoms with Crippen molar-refractivity contribution in [3.63, 3.8) is 0 Å². The van der Waals surface area contributed by atoms with Crippen LogP contribution < -0.4 is 5.56 Å². The molecule has 0 aromatic carbocycles. The van der Waals surface area contributed by atoms with Crippen molar-refractivity contribution >= 4 is 17.3 Å². The van der Waals surface area contributed by atoms with Gasteiger partial charge in [-0.3, -0.25) is 4.79 Å². The predicted octanol–water partition coefficient (Wildman–Crippen LogP) is 1.81. The number of carboxylic acids is 1. The van der Waals surface area contributed by atoms with Crippen molar-refractivity contribution in [2.75, 3.05) is 0 Å². The molecule has 2 aromatic heterocycles. The molecule has 0 fully saturated rings. The maximum Gasteiger partial charge on any atom is 0.343 e. The molecule has 0 saturated heterocycles. The standard InChI is InChI=1S/C11H10N2O3S/c1-5-3-17-4-7(5)9-12-6(2)8(11(15)16)10(14)13-9/h3-4H,1-2H3,(H,15,16)(H,12,13,14). The number of hydrogen-bond acceptors (Lipinski definition) is 4. The Morgan fingerprint density at radius 1 is 1.41 bits per heavy atom. The average molecular weight is 250 g/mol. The molecule has 5 nitrogen and oxygen atoms in total. The molecule has 0 unspecified atom stereocenters. The summed E-state index contributed by atoms with van der Waals surface area (Å²) >= 11 is 1.50. The second-order valence-corrected chi connectivity index (χ2v) is 4.39. The number of aromatic amines is 1. The van der Waals surface area contributed by atoms with Crippen LogP contribution in [0.25, 0.3) is 11.4 Å². The first kappa shape index (κ1) is 11.5. The first-order valence-corrected chi connectivity index (χ1v) is 5.82. The quantitative estimate of drug-likeness (QED) is 0.851. The van der Waals surface area contributed by atoms with Crippen molar-refractivity contribution in [3.8, 4) is 11.4 Å². The summed E-state index contributed by atoms with van der Waals surface area (Å²) in [5, 5.41) is 12.7. The molecule has 88 valence electrons. The molecular formula is C11H10N2O3S. The number of nitrogens with one attached hydrogen (secondary N) is 1. The molecule has 0 aliphatic heterocycles. The highest BCUT2D eigenvalue weighted by Gasteiger charge is 2.16. The SMILES string of the molecule is Cc1cscc1-c1nc(C)c(C(=O)O)c(=O)[nH]1. The van der Waals surface area contributed by atoms with E-state index >= 15 is 0 Å². The monoisotopic (exact) mass is 250 g/mol. The van der Waals surface area contributed by atoms with Crippen LogP contribution in [0.3, 0.4) is 0 Å². The van der Waals surface area contributed by atoms with Crippen molar-refractivity contribution in [1.82, 2.24) is 9.97 Å². The highest BCUT2D eigenvalue weighted by Crippen LogP contribution is 2.23. The molecule has 2 aromatic rings. The third kappa shape index (κ3) is 1.99. The normalized spacial score (nSPS) is 10.5. The lowest BCUT2D eigenvalue weighted by Crippen LogP contribution is -2.21. The average Bonchev–Trinajstić information content (AvgIpc) is 2.62. The number of aromatic carboxylic acids is 1. The molecule has 0 saturated carbocycles. The Morgan fingerprint density at radius 3 is 2.59 bits per heavy atom. The van der Waals surface area contributed by atoms with Crippen molar-refractivity contribution in [3.05, 3.63) is 37.9 Å². The molecule has 0 atom stereocenters. The Morgan fingerprint density at radius 2 is 2.12 bits per heavy atom. The fourth-order valence-corrected chi connectivity index (χ4v) is 2.40. The van der Waals surface area contributed by atoms with E-state index in [1.165, 1.54) is 18.3 Å². The second-order valence-electron chi connectivity index (χ2n) is 3.65. The minimum atomic E-state index is -1.26. The van der Waals surface area contributed by atoms with Gasteiger partial charge >= 0.3 is 5.97 Å². The summed E-state index contributed by atoms with van der Waals surface area (Å²) in [5.74, 6) is -0.846. The molecule has 0 spiro atoms. The van der Waals surface area contributed by atoms with Crippen molar-refractivity contribution < 1.29 is 9.90 Å². The lowest BCUT2D eigenvalue weighted by atomic mass is 10.2. The number of carboxylic acid groups (broad SMARTS) is 1. The van der Waals surface area contributed by atoms with E-state index in [1.807, 2.05) is 17.7 Å². The fourth-order valence-electron chi connectivity index (χ4n) is 1.57. The Labute approximate surface area is 101 Å². The topological polar surface area (TPSA) is 83.0 Å². The zero-order chi connectivity index (χ0) is 12.6. The van der Waals surface area contributed by atoms with Gasteiger partial charge in [0, 0.05) is 10.9 Å². The first-order valence-electron chi connectivity index (χ1n) is 4.88. The van der Waals surface area contributed by atoms with Gasteiger partial charge in [0.25, 0.3) is 5.56 Å². The second kappa shape index (κ2) is 4.14. The summed E-state index contributed by atoms with van der Waals surface area (Å²) in [4.78, 5) is 29.1. The summed E-state index contributed by atoms with van der Waals surface area (Å²) in [7, 11) is 0. The number of aromatic nitrogens is 2. The lowest BCUT2D eigenvalue weighted by Gasteiger charge is -2.03. The maximum absolute atomic E-state index is 11.6. The maximum atomic E-state index is 11.6. The van der Waals surface area contributed by atoms with Crippen LogP contribution >= 0.6 is 11.3 Å². The van der Waals surface area contributed by atoms with Crippen LogP contribution in [0.2, 0.25) is 0 Å². The molecule has 2 N–H and O–H groups in total. The molecule has 0 aliphatic rings. The summed E-state index contributed by atoms with van der Waals surface area (Å²) in [6.07, 6.45) is 0. The van der Waals surface area contributed by atoms with E-state index in [0.717, 1.165) is 11.1 Å². The van der Waals surface area contributed by atoms with Crippen LogP contribution in [0.15, 0.2) is 15.6 Å². The van der Waals surface area contributed by atoms with Gasteiger partial charge in [-0.05, 0) is 24.8 Å². The molecule has 17 heavy (non-hydrogen) atoms. The molecule has 0 amide bonds. The van der Waals surface area contributed by atoms with Crippen molar-refractivity contribution in [1.29, 1.82) is 0 Å². The largest absolute Gasteiger partial charge is 0.477 e. The highest BCUT2D eigenvalue weighted by molar-refractivity contribution is 7.08. The van der Waals surface area contributed by atoms with Gasteiger partial charge in [0.1, 0.15) is 11.4 Å². The molecular weight excluding hydrogens is 240 g/mol. The smallest absolute Gasteiger partial charge is 0.343 e. The summed E-state index contributed by atoms with van der Waals surface area (Å²) < 4.78 is 0. The molecule has 0 radical (unpaired) electrons. The number of rotatable bonds is 2. The van der Waals surface area contributed by atoms with Crippen LogP contribution in [-0.4, -0.2) is 21.0 Å². The number of nitrogens with zero attached hydrogens (tertiary/aromatic N) is 1. The number of H-pyrrole nitrogens is 1. The van der Waals surface area contributed by atoms with Crippen molar-refractivity contribution in [2.24, 2.45) is 0 Å². The van der Waals surface area contributed by atoms with Crippen LogP contribution in [0, 0.1) is 13.8 Å². The van der Waals surface area contributed by atoms with E-state index in [0.29, 0.717) is 5.82 Å². The van der Waals surface area contributed by atoms with Crippen LogP contribution in [0.4, 0.5) is 0 Å². The van der Waals surface area contributed by atoms with Gasteiger partial charge in [0.15, 0.2) is 0 Å². The number of carbonyl (C=O) groups is 1. The minimum Gasteiger partial charge on any atom is -0.477 e. The summed E-state index contributed by atoms with van der Waals surface area (Å²) in [6, 6.07) is 0. The molecule has 0 bridgehead atoms. The number of aryl methyl sites for hydroxylation is 2. The Hall–Kier alpha value is -1.95. The van der Waals surface area contributed by atoms with Gasteiger partial charge < -0.3 is 10.1 Å². The van der Waals surface area contributed by atoms with E-state index in [-0.39, 0.29) is 11.3 Å². The third-order valence-electron chi connectivity index (χ3n) is 2.42. The number of hydrogen-bond donors (Lipinski definition) is 2. The van der Waals surface area contributed by atoms with E-state index in [1.54, 1.807) is 0 Å². The van der Waals surface area contributed by atoms with Gasteiger partial charge in [-0.15, -0.1) is 0 Å². The van der Waals surface area contributed by atoms with Gasteiger partial charge in [-0.1, -0.05) is 0 Å². The zero-order valence-corrected chi connectivity index (χ0v) is 10.1. The Balaban J connectivity index is 2.65. The third-order valence-corrected chi connectivity index (χ3v) is 3.29. The van der Waals surface area contributed by atoms with Gasteiger partial charge in [0.2, 0.25) is 0 Å². The minimum absolute atomic E-state index is 0.224. The van der Waals surface area contributed by atoms with E-state index in [2.05, 4.69) is 9.97 Å². The fraction of sp³-hybridized carbons (Fsp3) is 0.182. The number of thiophene rings is 1. The molecule has 2 rings (SSSR count). The van der Waals surface area contributed by atoms with E-state index in [4.69, 9.17) is 5.11 Å². The first-order chi connectivity index (χ1) is 8.00. The highest BCUT2D eigenvalue weighted by atomic mass is 32.1. The zero-order valence-electron chi connectivity index (χ0n) is 9.27. The summed E-state index contributed by atoms with van der Waals surface area (Å²) in [6.45, 7) is 3.43. The molecule has 2 heterocycles. The summed E-state index contributed by atoms with van der Waals surface area (Å²) in [5.41, 5.74) is 1.13. The van der Waals surface area contributed by atoms with Crippen LogP contribution in [-0.2, 0) is 0 Å². The van der Waals surface area contributed by atoms with E-state index in [9.17, 15) is 9.59 Å². The molecule has 0 aliphatic carbocycles. The van der Waals surface area contributed by atoms with Crippen LogP contribution in [0.5, 0.6) is 0 Å².